The molecule has 0 spiro atoms. The van der Waals surface area contributed by atoms with Crippen LogP contribution in [0.4, 0.5) is 5.69 Å². The third-order valence-corrected chi connectivity index (χ3v) is 4.75. The van der Waals surface area contributed by atoms with Gasteiger partial charge in [-0.05, 0) is 79.7 Å². The maximum Gasteiger partial charge on any atom is 0.0733 e. The van der Waals surface area contributed by atoms with Gasteiger partial charge in [0, 0.05) is 33.4 Å². The molecule has 1 heterocycles. The van der Waals surface area contributed by atoms with Gasteiger partial charge in [0.25, 0.3) is 0 Å². The standard InChI is InChI=1S/C18H26IN3O/c1-3-22(11-12-23)10-4-5-14(2)21-17-8-9-20-18-13-15(19)6-7-16(17)18/h6-9,13-14,23H,3-5,10-12H2,1-2H3,(H,20,21)/t14-/m1/s1. The number of aromatic nitrogens is 1. The maximum absolute atomic E-state index is 9.03. The minimum absolute atomic E-state index is 0.240. The summed E-state index contributed by atoms with van der Waals surface area (Å²) in [4.78, 5) is 6.74. The van der Waals surface area contributed by atoms with Crippen LogP contribution < -0.4 is 5.32 Å². The topological polar surface area (TPSA) is 48.4 Å². The Kier molecular flexibility index (Phi) is 7.52. The second kappa shape index (κ2) is 9.39. The fourth-order valence-electron chi connectivity index (χ4n) is 2.78. The number of pyridine rings is 1. The molecule has 0 saturated carbocycles. The van der Waals surface area contributed by atoms with E-state index in [1.54, 1.807) is 0 Å². The Morgan fingerprint density at radius 3 is 2.87 bits per heavy atom. The van der Waals surface area contributed by atoms with Crippen LogP contribution in [-0.4, -0.2) is 47.3 Å². The van der Waals surface area contributed by atoms with Crippen molar-refractivity contribution >= 4 is 39.2 Å². The summed E-state index contributed by atoms with van der Waals surface area (Å²) >= 11 is 2.32. The van der Waals surface area contributed by atoms with E-state index in [4.69, 9.17) is 5.11 Å². The van der Waals surface area contributed by atoms with Crippen LogP contribution in [0.1, 0.15) is 26.7 Å². The van der Waals surface area contributed by atoms with Crippen LogP contribution in [-0.2, 0) is 0 Å². The van der Waals surface area contributed by atoms with Crippen molar-refractivity contribution in [2.45, 2.75) is 32.7 Å². The van der Waals surface area contributed by atoms with Crippen molar-refractivity contribution in [1.82, 2.24) is 9.88 Å². The van der Waals surface area contributed by atoms with Crippen molar-refractivity contribution in [2.24, 2.45) is 0 Å². The average Bonchev–Trinajstić information content (AvgIpc) is 2.54. The van der Waals surface area contributed by atoms with Crippen LogP contribution in [0.25, 0.3) is 10.9 Å². The number of anilines is 1. The molecule has 1 atom stereocenters. The van der Waals surface area contributed by atoms with E-state index in [9.17, 15) is 0 Å². The average molecular weight is 427 g/mol. The predicted molar refractivity (Wildman–Crippen MR) is 106 cm³/mol. The van der Waals surface area contributed by atoms with E-state index in [0.717, 1.165) is 43.7 Å². The zero-order valence-corrected chi connectivity index (χ0v) is 16.1. The fourth-order valence-corrected chi connectivity index (χ4v) is 3.25. The van der Waals surface area contributed by atoms with Gasteiger partial charge in [0.15, 0.2) is 0 Å². The van der Waals surface area contributed by atoms with Crippen LogP contribution in [0.3, 0.4) is 0 Å². The van der Waals surface area contributed by atoms with Gasteiger partial charge in [-0.1, -0.05) is 6.92 Å². The third kappa shape index (κ3) is 5.58. The molecule has 0 aliphatic heterocycles. The van der Waals surface area contributed by atoms with Gasteiger partial charge in [0.05, 0.1) is 12.1 Å². The van der Waals surface area contributed by atoms with E-state index in [-0.39, 0.29) is 6.61 Å². The molecule has 0 saturated heterocycles. The number of aliphatic hydroxyl groups is 1. The molecule has 0 amide bonds. The third-order valence-electron chi connectivity index (χ3n) is 4.08. The second-order valence-corrected chi connectivity index (χ2v) is 7.11. The van der Waals surface area contributed by atoms with Gasteiger partial charge in [-0.15, -0.1) is 0 Å². The first kappa shape index (κ1) is 18.4. The number of halogens is 1. The van der Waals surface area contributed by atoms with E-state index in [1.165, 1.54) is 8.96 Å². The molecule has 23 heavy (non-hydrogen) atoms. The first-order valence-corrected chi connectivity index (χ1v) is 9.36. The van der Waals surface area contributed by atoms with Gasteiger partial charge >= 0.3 is 0 Å². The highest BCUT2D eigenvalue weighted by Gasteiger charge is 2.08. The summed E-state index contributed by atoms with van der Waals surface area (Å²) in [6.07, 6.45) is 4.10. The van der Waals surface area contributed by atoms with Gasteiger partial charge < -0.3 is 15.3 Å². The van der Waals surface area contributed by atoms with E-state index >= 15 is 0 Å². The molecular weight excluding hydrogens is 401 g/mol. The summed E-state index contributed by atoms with van der Waals surface area (Å²) in [5.74, 6) is 0. The Bertz CT molecular complexity index is 620. The quantitative estimate of drug-likeness (QED) is 0.599. The van der Waals surface area contributed by atoms with Crippen LogP contribution >= 0.6 is 22.6 Å². The van der Waals surface area contributed by atoms with Crippen LogP contribution in [0.5, 0.6) is 0 Å². The Morgan fingerprint density at radius 1 is 1.30 bits per heavy atom. The molecule has 0 aliphatic carbocycles. The molecule has 1 aromatic heterocycles. The summed E-state index contributed by atoms with van der Waals surface area (Å²) < 4.78 is 1.20. The molecule has 0 fully saturated rings. The Balaban J connectivity index is 1.91. The van der Waals surface area contributed by atoms with Crippen molar-refractivity contribution in [1.29, 1.82) is 0 Å². The molecule has 2 N–H and O–H groups in total. The smallest absolute Gasteiger partial charge is 0.0733 e. The number of nitrogens with zero attached hydrogens (tertiary/aromatic N) is 2. The lowest BCUT2D eigenvalue weighted by molar-refractivity contribution is 0.199. The first-order valence-electron chi connectivity index (χ1n) is 8.28. The predicted octanol–water partition coefficient (Wildman–Crippen LogP) is 3.73. The van der Waals surface area contributed by atoms with Crippen LogP contribution in [0, 0.1) is 3.57 Å². The summed E-state index contributed by atoms with van der Waals surface area (Å²) in [6.45, 7) is 7.41. The monoisotopic (exact) mass is 427 g/mol. The minimum atomic E-state index is 0.240. The number of hydrogen-bond donors (Lipinski definition) is 2. The molecule has 4 nitrogen and oxygen atoms in total. The highest BCUT2D eigenvalue weighted by Crippen LogP contribution is 2.24. The highest BCUT2D eigenvalue weighted by atomic mass is 127. The SMILES string of the molecule is CCN(CCO)CCC[C@@H](C)Nc1ccnc2cc(I)ccc12. The number of nitrogens with one attached hydrogen (secondary N) is 1. The Hall–Kier alpha value is -0.920. The van der Waals surface area contributed by atoms with Crippen molar-refractivity contribution < 1.29 is 5.11 Å². The molecular formula is C18H26IN3O. The molecule has 0 aliphatic rings. The van der Waals surface area contributed by atoms with Gasteiger partial charge in [0.1, 0.15) is 0 Å². The minimum Gasteiger partial charge on any atom is -0.395 e. The number of aliphatic hydroxyl groups excluding tert-OH is 1. The van der Waals surface area contributed by atoms with Crippen LogP contribution in [0.2, 0.25) is 0 Å². The van der Waals surface area contributed by atoms with E-state index in [1.807, 2.05) is 6.20 Å². The lowest BCUT2D eigenvalue weighted by Gasteiger charge is -2.21. The molecule has 2 aromatic rings. The Labute approximate surface area is 152 Å². The molecule has 0 bridgehead atoms. The van der Waals surface area contributed by atoms with E-state index in [0.29, 0.717) is 6.04 Å². The van der Waals surface area contributed by atoms with Crippen molar-refractivity contribution in [3.8, 4) is 0 Å². The number of benzene rings is 1. The maximum atomic E-state index is 9.03. The van der Waals surface area contributed by atoms with Gasteiger partial charge in [0.2, 0.25) is 0 Å². The summed E-state index contributed by atoms with van der Waals surface area (Å²) in [5.41, 5.74) is 2.19. The summed E-state index contributed by atoms with van der Waals surface area (Å²) in [7, 11) is 0. The van der Waals surface area contributed by atoms with Crippen molar-refractivity contribution in [2.75, 3.05) is 31.6 Å². The van der Waals surface area contributed by atoms with E-state index < -0.39 is 0 Å². The Morgan fingerprint density at radius 2 is 2.13 bits per heavy atom. The number of hydrogen-bond acceptors (Lipinski definition) is 4. The first-order chi connectivity index (χ1) is 11.1. The van der Waals surface area contributed by atoms with E-state index in [2.05, 4.69) is 75.9 Å². The lowest BCUT2D eigenvalue weighted by Crippen LogP contribution is -2.28. The second-order valence-electron chi connectivity index (χ2n) is 5.87. The zero-order chi connectivity index (χ0) is 16.7. The van der Waals surface area contributed by atoms with Gasteiger partial charge in [-0.25, -0.2) is 0 Å². The number of likely N-dealkylation sites (N-methyl/N-ethyl adjacent to an activating group) is 1. The zero-order valence-electron chi connectivity index (χ0n) is 13.9. The number of rotatable bonds is 9. The fraction of sp³-hybridized carbons (Fsp3) is 0.500. The van der Waals surface area contributed by atoms with Crippen LogP contribution in [0.15, 0.2) is 30.5 Å². The molecule has 2 rings (SSSR count). The molecule has 0 radical (unpaired) electrons. The number of fused-ring (bicyclic) bond motifs is 1. The largest absolute Gasteiger partial charge is 0.395 e. The molecule has 5 heteroatoms. The lowest BCUT2D eigenvalue weighted by atomic mass is 10.1. The van der Waals surface area contributed by atoms with Crippen molar-refractivity contribution in [3.05, 3.63) is 34.0 Å². The molecule has 126 valence electrons. The van der Waals surface area contributed by atoms with Crippen molar-refractivity contribution in [3.63, 3.8) is 0 Å². The summed E-state index contributed by atoms with van der Waals surface area (Å²) in [5, 5.41) is 13.8. The van der Waals surface area contributed by atoms with Gasteiger partial charge in [-0.3, -0.25) is 4.98 Å². The summed E-state index contributed by atoms with van der Waals surface area (Å²) in [6, 6.07) is 8.83. The van der Waals surface area contributed by atoms with Gasteiger partial charge in [-0.2, -0.15) is 0 Å². The highest BCUT2D eigenvalue weighted by molar-refractivity contribution is 14.1. The molecule has 0 unspecified atom stereocenters. The normalized spacial score (nSPS) is 12.7. The molecule has 1 aromatic carbocycles.